The van der Waals surface area contributed by atoms with Gasteiger partial charge in [-0.25, -0.2) is 0 Å². The molecule has 2 aromatic rings. The van der Waals surface area contributed by atoms with E-state index >= 15 is 0 Å². The molecular weight excluding hydrogens is 259 g/mol. The highest BCUT2D eigenvalue weighted by atomic mass is 19.4. The number of carboxylic acid groups (broad SMARTS) is 1. The summed E-state index contributed by atoms with van der Waals surface area (Å²) < 4.78 is 38.4. The maximum atomic E-state index is 12.8. The van der Waals surface area contributed by atoms with Crippen molar-refractivity contribution in [2.24, 2.45) is 5.92 Å². The van der Waals surface area contributed by atoms with Gasteiger partial charge in [0.2, 0.25) is 0 Å². The lowest BCUT2D eigenvalue weighted by Crippen LogP contribution is -2.12. The van der Waals surface area contributed by atoms with E-state index < -0.39 is 23.6 Å². The lowest BCUT2D eigenvalue weighted by molar-refractivity contribution is -0.141. The number of rotatable bonds is 3. The standard InChI is InChI=1S/C13H12F3NO2/c1-7(12(18)19)5-9-6-8-3-2-4-10(11(8)17-9)13(14,15)16/h2-4,6-7,17H,5H2,1H3,(H,18,19). The van der Waals surface area contributed by atoms with E-state index in [0.29, 0.717) is 11.1 Å². The van der Waals surface area contributed by atoms with Crippen LogP contribution in [0.4, 0.5) is 13.2 Å². The zero-order valence-corrected chi connectivity index (χ0v) is 10.1. The van der Waals surface area contributed by atoms with Crippen LogP contribution in [0.1, 0.15) is 18.2 Å². The van der Waals surface area contributed by atoms with Crippen LogP contribution in [0, 0.1) is 5.92 Å². The van der Waals surface area contributed by atoms with Crippen molar-refractivity contribution in [3.63, 3.8) is 0 Å². The second-order valence-electron chi connectivity index (χ2n) is 4.51. The quantitative estimate of drug-likeness (QED) is 0.898. The molecule has 0 aliphatic heterocycles. The normalized spacial score (nSPS) is 13.7. The van der Waals surface area contributed by atoms with Crippen LogP contribution in [-0.4, -0.2) is 16.1 Å². The van der Waals surface area contributed by atoms with Gasteiger partial charge >= 0.3 is 12.1 Å². The zero-order valence-electron chi connectivity index (χ0n) is 10.1. The Morgan fingerprint density at radius 3 is 2.68 bits per heavy atom. The van der Waals surface area contributed by atoms with Gasteiger partial charge in [-0.3, -0.25) is 4.79 Å². The van der Waals surface area contributed by atoms with Crippen molar-refractivity contribution in [1.82, 2.24) is 4.98 Å². The van der Waals surface area contributed by atoms with Gasteiger partial charge in [-0.15, -0.1) is 0 Å². The molecule has 3 nitrogen and oxygen atoms in total. The van der Waals surface area contributed by atoms with Gasteiger partial charge in [-0.05, 0) is 12.1 Å². The van der Waals surface area contributed by atoms with Crippen LogP contribution in [0.3, 0.4) is 0 Å². The molecule has 102 valence electrons. The fraction of sp³-hybridized carbons (Fsp3) is 0.308. The predicted octanol–water partition coefficient (Wildman–Crippen LogP) is 3.45. The number of benzene rings is 1. The number of carbonyl (C=O) groups is 1. The second kappa shape index (κ2) is 4.60. The number of hydrogen-bond donors (Lipinski definition) is 2. The van der Waals surface area contributed by atoms with Crippen LogP contribution in [0.2, 0.25) is 0 Å². The van der Waals surface area contributed by atoms with Crippen molar-refractivity contribution in [2.75, 3.05) is 0 Å². The minimum atomic E-state index is -4.43. The van der Waals surface area contributed by atoms with Gasteiger partial charge in [0.15, 0.2) is 0 Å². The van der Waals surface area contributed by atoms with Gasteiger partial charge in [0.1, 0.15) is 0 Å². The number of H-pyrrole nitrogens is 1. The Hall–Kier alpha value is -1.98. The zero-order chi connectivity index (χ0) is 14.2. The number of halogens is 3. The summed E-state index contributed by atoms with van der Waals surface area (Å²) in [7, 11) is 0. The van der Waals surface area contributed by atoms with E-state index in [9.17, 15) is 18.0 Å². The Kier molecular flexibility index (Phi) is 3.26. The molecule has 0 aliphatic rings. The molecule has 0 aliphatic carbocycles. The highest BCUT2D eigenvalue weighted by molar-refractivity contribution is 5.84. The van der Waals surface area contributed by atoms with Crippen LogP contribution in [-0.2, 0) is 17.4 Å². The Labute approximate surface area is 107 Å². The molecule has 1 aromatic heterocycles. The number of nitrogens with one attached hydrogen (secondary N) is 1. The molecule has 1 aromatic carbocycles. The number of aromatic nitrogens is 1. The van der Waals surface area contributed by atoms with Crippen molar-refractivity contribution in [3.8, 4) is 0 Å². The van der Waals surface area contributed by atoms with E-state index in [1.165, 1.54) is 13.0 Å². The summed E-state index contributed by atoms with van der Waals surface area (Å²) in [5.74, 6) is -1.63. The molecule has 1 unspecified atom stereocenters. The lowest BCUT2D eigenvalue weighted by atomic mass is 10.1. The summed E-state index contributed by atoms with van der Waals surface area (Å²) >= 11 is 0. The van der Waals surface area contributed by atoms with Gasteiger partial charge in [0.05, 0.1) is 17.0 Å². The Morgan fingerprint density at radius 1 is 1.42 bits per heavy atom. The molecule has 0 radical (unpaired) electrons. The Balaban J connectivity index is 2.43. The van der Waals surface area contributed by atoms with Crippen LogP contribution >= 0.6 is 0 Å². The number of para-hydroxylation sites is 1. The maximum Gasteiger partial charge on any atom is 0.418 e. The molecule has 1 heterocycles. The largest absolute Gasteiger partial charge is 0.481 e. The number of alkyl halides is 3. The van der Waals surface area contributed by atoms with E-state index in [1.807, 2.05) is 0 Å². The van der Waals surface area contributed by atoms with E-state index in [2.05, 4.69) is 4.98 Å². The first-order chi connectivity index (χ1) is 8.79. The van der Waals surface area contributed by atoms with Gasteiger partial charge in [-0.2, -0.15) is 13.2 Å². The van der Waals surface area contributed by atoms with Crippen LogP contribution in [0.25, 0.3) is 10.9 Å². The van der Waals surface area contributed by atoms with Gasteiger partial charge in [0, 0.05) is 17.5 Å². The number of aliphatic carboxylic acids is 1. The molecule has 2 N–H and O–H groups in total. The molecular formula is C13H12F3NO2. The van der Waals surface area contributed by atoms with Crippen molar-refractivity contribution < 1.29 is 23.1 Å². The van der Waals surface area contributed by atoms with Crippen LogP contribution < -0.4 is 0 Å². The van der Waals surface area contributed by atoms with Crippen molar-refractivity contribution in [2.45, 2.75) is 19.5 Å². The van der Waals surface area contributed by atoms with E-state index in [4.69, 9.17) is 5.11 Å². The first-order valence-corrected chi connectivity index (χ1v) is 5.69. The van der Waals surface area contributed by atoms with Crippen molar-refractivity contribution in [1.29, 1.82) is 0 Å². The predicted molar refractivity (Wildman–Crippen MR) is 63.8 cm³/mol. The van der Waals surface area contributed by atoms with Crippen LogP contribution in [0.15, 0.2) is 24.3 Å². The van der Waals surface area contributed by atoms with Gasteiger partial charge < -0.3 is 10.1 Å². The van der Waals surface area contributed by atoms with Crippen molar-refractivity contribution >= 4 is 16.9 Å². The fourth-order valence-electron chi connectivity index (χ4n) is 1.98. The number of hydrogen-bond acceptors (Lipinski definition) is 1. The van der Waals surface area contributed by atoms with E-state index in [1.54, 1.807) is 12.1 Å². The first-order valence-electron chi connectivity index (χ1n) is 5.69. The Morgan fingerprint density at radius 2 is 2.11 bits per heavy atom. The molecule has 2 rings (SSSR count). The SMILES string of the molecule is CC(Cc1cc2cccc(C(F)(F)F)c2[nH]1)C(=O)O. The van der Waals surface area contributed by atoms with Crippen LogP contribution in [0.5, 0.6) is 0 Å². The van der Waals surface area contributed by atoms with E-state index in [0.717, 1.165) is 6.07 Å². The number of aromatic amines is 1. The van der Waals surface area contributed by atoms with E-state index in [-0.39, 0.29) is 11.9 Å². The van der Waals surface area contributed by atoms with Gasteiger partial charge in [0.25, 0.3) is 0 Å². The Bertz CT molecular complexity index is 616. The molecule has 1 atom stereocenters. The molecule has 0 spiro atoms. The highest BCUT2D eigenvalue weighted by Gasteiger charge is 2.33. The third-order valence-electron chi connectivity index (χ3n) is 2.97. The molecule has 0 saturated heterocycles. The summed E-state index contributed by atoms with van der Waals surface area (Å²) in [6, 6.07) is 5.46. The third kappa shape index (κ3) is 2.72. The van der Waals surface area contributed by atoms with Gasteiger partial charge in [-0.1, -0.05) is 19.1 Å². The average Bonchev–Trinajstić information content (AvgIpc) is 2.68. The highest BCUT2D eigenvalue weighted by Crippen LogP contribution is 2.34. The minimum absolute atomic E-state index is 0.00240. The number of fused-ring (bicyclic) bond motifs is 1. The number of carboxylic acids is 1. The molecule has 6 heteroatoms. The summed E-state index contributed by atoms with van der Waals surface area (Å²) in [4.78, 5) is 13.4. The average molecular weight is 271 g/mol. The monoisotopic (exact) mass is 271 g/mol. The molecule has 19 heavy (non-hydrogen) atoms. The topological polar surface area (TPSA) is 53.1 Å². The molecule has 0 saturated carbocycles. The lowest BCUT2D eigenvalue weighted by Gasteiger charge is -2.07. The summed E-state index contributed by atoms with van der Waals surface area (Å²) in [5, 5.41) is 9.24. The molecule has 0 fully saturated rings. The summed E-state index contributed by atoms with van der Waals surface area (Å²) in [6.45, 7) is 1.51. The summed E-state index contributed by atoms with van der Waals surface area (Å²) in [5.41, 5.74) is -0.247. The summed E-state index contributed by atoms with van der Waals surface area (Å²) in [6.07, 6.45) is -4.26. The second-order valence-corrected chi connectivity index (χ2v) is 4.51. The fourth-order valence-corrected chi connectivity index (χ4v) is 1.98. The third-order valence-corrected chi connectivity index (χ3v) is 2.97. The molecule has 0 amide bonds. The van der Waals surface area contributed by atoms with Crippen molar-refractivity contribution in [3.05, 3.63) is 35.5 Å². The minimum Gasteiger partial charge on any atom is -0.481 e. The molecule has 0 bridgehead atoms. The smallest absolute Gasteiger partial charge is 0.418 e. The first kappa shape index (κ1) is 13.5. The maximum absolute atomic E-state index is 12.8.